The first kappa shape index (κ1) is 27.7. The summed E-state index contributed by atoms with van der Waals surface area (Å²) in [5, 5.41) is 3.13. The molecule has 1 fully saturated rings. The number of rotatable bonds is 10. The third-order valence-electron chi connectivity index (χ3n) is 7.08. The molecule has 0 aromatic heterocycles. The topological polar surface area (TPSA) is 86.8 Å². The zero-order valence-electron chi connectivity index (χ0n) is 22.1. The van der Waals surface area contributed by atoms with Gasteiger partial charge in [0, 0.05) is 12.6 Å². The van der Waals surface area contributed by atoms with Crippen LogP contribution in [0.5, 0.6) is 0 Å². The van der Waals surface area contributed by atoms with E-state index in [-0.39, 0.29) is 25.0 Å². The van der Waals surface area contributed by atoms with Gasteiger partial charge in [-0.2, -0.15) is 0 Å². The van der Waals surface area contributed by atoms with Crippen molar-refractivity contribution in [3.63, 3.8) is 0 Å². The Balaban J connectivity index is 1.94. The fraction of sp³-hybridized carbons (Fsp3) is 0.500. The van der Waals surface area contributed by atoms with Crippen LogP contribution in [0, 0.1) is 20.8 Å². The van der Waals surface area contributed by atoms with E-state index < -0.39 is 22.0 Å². The minimum Gasteiger partial charge on any atom is -0.352 e. The van der Waals surface area contributed by atoms with Crippen molar-refractivity contribution in [2.24, 2.45) is 0 Å². The SMILES string of the molecule is CC[C@H](C(=O)NC1CCCC1)N(Cc1ccc(C)cc1)C(=O)CN(c1cccc(C)c1C)S(C)(=O)=O. The zero-order valence-corrected chi connectivity index (χ0v) is 22.9. The molecule has 0 unspecified atom stereocenters. The Labute approximate surface area is 215 Å². The Bertz CT molecular complexity index is 1170. The van der Waals surface area contributed by atoms with Gasteiger partial charge in [-0.25, -0.2) is 8.42 Å². The maximum absolute atomic E-state index is 13.8. The second kappa shape index (κ2) is 11.9. The number of nitrogens with zero attached hydrogens (tertiary/aromatic N) is 2. The molecule has 7 nitrogen and oxygen atoms in total. The molecule has 36 heavy (non-hydrogen) atoms. The van der Waals surface area contributed by atoms with Gasteiger partial charge in [0.2, 0.25) is 21.8 Å². The van der Waals surface area contributed by atoms with Crippen LogP contribution in [0.15, 0.2) is 42.5 Å². The highest BCUT2D eigenvalue weighted by Gasteiger charge is 2.33. The lowest BCUT2D eigenvalue weighted by atomic mass is 10.1. The molecular weight excluding hydrogens is 474 g/mol. The molecule has 1 saturated carbocycles. The number of benzene rings is 2. The largest absolute Gasteiger partial charge is 0.352 e. The van der Waals surface area contributed by atoms with E-state index in [1.807, 2.05) is 58.0 Å². The molecule has 0 radical (unpaired) electrons. The van der Waals surface area contributed by atoms with Crippen molar-refractivity contribution < 1.29 is 18.0 Å². The summed E-state index contributed by atoms with van der Waals surface area (Å²) in [5.41, 5.74) is 4.20. The summed E-state index contributed by atoms with van der Waals surface area (Å²) in [6.07, 6.45) is 5.61. The lowest BCUT2D eigenvalue weighted by Gasteiger charge is -2.33. The maximum Gasteiger partial charge on any atom is 0.244 e. The number of hydrogen-bond donors (Lipinski definition) is 1. The van der Waals surface area contributed by atoms with Gasteiger partial charge in [-0.15, -0.1) is 0 Å². The molecule has 196 valence electrons. The molecule has 8 heteroatoms. The van der Waals surface area contributed by atoms with Crippen LogP contribution in [-0.2, 0) is 26.2 Å². The van der Waals surface area contributed by atoms with Crippen molar-refractivity contribution in [1.82, 2.24) is 10.2 Å². The highest BCUT2D eigenvalue weighted by atomic mass is 32.2. The fourth-order valence-corrected chi connectivity index (χ4v) is 5.68. The summed E-state index contributed by atoms with van der Waals surface area (Å²) in [7, 11) is -3.75. The first-order chi connectivity index (χ1) is 17.0. The minimum absolute atomic E-state index is 0.130. The normalized spacial score (nSPS) is 14.9. The van der Waals surface area contributed by atoms with Crippen LogP contribution >= 0.6 is 0 Å². The van der Waals surface area contributed by atoms with Crippen LogP contribution < -0.4 is 9.62 Å². The number of nitrogens with one attached hydrogen (secondary N) is 1. The summed E-state index contributed by atoms with van der Waals surface area (Å²) >= 11 is 0. The summed E-state index contributed by atoms with van der Waals surface area (Å²) in [5.74, 6) is -0.585. The summed E-state index contributed by atoms with van der Waals surface area (Å²) in [6.45, 7) is 7.48. The van der Waals surface area contributed by atoms with Crippen molar-refractivity contribution in [2.45, 2.75) is 78.4 Å². The molecule has 0 saturated heterocycles. The van der Waals surface area contributed by atoms with Gasteiger partial charge in [-0.3, -0.25) is 13.9 Å². The van der Waals surface area contributed by atoms with Crippen molar-refractivity contribution >= 4 is 27.5 Å². The highest BCUT2D eigenvalue weighted by Crippen LogP contribution is 2.26. The number of aryl methyl sites for hydroxylation is 2. The van der Waals surface area contributed by atoms with Gasteiger partial charge < -0.3 is 10.2 Å². The number of anilines is 1. The Morgan fingerprint density at radius 2 is 1.67 bits per heavy atom. The predicted molar refractivity (Wildman–Crippen MR) is 144 cm³/mol. The molecule has 0 aliphatic heterocycles. The van der Waals surface area contributed by atoms with E-state index >= 15 is 0 Å². The maximum atomic E-state index is 13.8. The third kappa shape index (κ3) is 6.87. The van der Waals surface area contributed by atoms with E-state index in [2.05, 4.69) is 5.32 Å². The summed E-state index contributed by atoms with van der Waals surface area (Å²) < 4.78 is 26.8. The van der Waals surface area contributed by atoms with Gasteiger partial charge >= 0.3 is 0 Å². The molecule has 1 N–H and O–H groups in total. The Kier molecular flexibility index (Phi) is 9.17. The van der Waals surface area contributed by atoms with Gasteiger partial charge in [0.25, 0.3) is 0 Å². The van der Waals surface area contributed by atoms with E-state index in [0.29, 0.717) is 12.1 Å². The molecular formula is C28H39N3O4S. The quantitative estimate of drug-likeness (QED) is 0.515. The molecule has 0 bridgehead atoms. The molecule has 1 aliphatic carbocycles. The second-order valence-corrected chi connectivity index (χ2v) is 11.8. The molecule has 1 aliphatic rings. The number of sulfonamides is 1. The second-order valence-electron chi connectivity index (χ2n) is 9.91. The zero-order chi connectivity index (χ0) is 26.5. The van der Waals surface area contributed by atoms with Crippen LogP contribution in [0.2, 0.25) is 0 Å². The standard InChI is InChI=1S/C28H39N3O4S/c1-6-25(28(33)29-24-11-7-8-12-24)30(18-23-16-14-20(2)15-17-23)27(32)19-31(36(5,34)35)26-13-9-10-21(3)22(26)4/h9-10,13-17,24-25H,6-8,11-12,18-19H2,1-5H3,(H,29,33)/t25-/m1/s1. The number of carbonyl (C=O) groups excluding carboxylic acids is 2. The first-order valence-electron chi connectivity index (χ1n) is 12.7. The highest BCUT2D eigenvalue weighted by molar-refractivity contribution is 7.92. The van der Waals surface area contributed by atoms with E-state index in [4.69, 9.17) is 0 Å². The van der Waals surface area contributed by atoms with E-state index in [9.17, 15) is 18.0 Å². The molecule has 1 atom stereocenters. The minimum atomic E-state index is -3.75. The fourth-order valence-electron chi connectivity index (χ4n) is 4.78. The van der Waals surface area contributed by atoms with Gasteiger partial charge in [-0.1, -0.05) is 61.7 Å². The van der Waals surface area contributed by atoms with E-state index in [1.165, 1.54) is 4.90 Å². The lowest BCUT2D eigenvalue weighted by molar-refractivity contribution is -0.140. The molecule has 2 amide bonds. The number of amides is 2. The summed E-state index contributed by atoms with van der Waals surface area (Å²) in [4.78, 5) is 28.7. The van der Waals surface area contributed by atoms with Crippen molar-refractivity contribution in [2.75, 3.05) is 17.1 Å². The molecule has 0 heterocycles. The third-order valence-corrected chi connectivity index (χ3v) is 8.21. The predicted octanol–water partition coefficient (Wildman–Crippen LogP) is 4.24. The number of hydrogen-bond acceptors (Lipinski definition) is 4. The van der Waals surface area contributed by atoms with Gasteiger partial charge in [0.15, 0.2) is 0 Å². The first-order valence-corrected chi connectivity index (χ1v) is 14.6. The molecule has 2 aromatic carbocycles. The van der Waals surface area contributed by atoms with E-state index in [0.717, 1.165) is 58.5 Å². The average molecular weight is 514 g/mol. The molecule has 3 rings (SSSR count). The van der Waals surface area contributed by atoms with Crippen LogP contribution in [0.3, 0.4) is 0 Å². The van der Waals surface area contributed by atoms with E-state index in [1.54, 1.807) is 12.1 Å². The summed E-state index contributed by atoms with van der Waals surface area (Å²) in [6, 6.07) is 12.7. The molecule has 2 aromatic rings. The van der Waals surface area contributed by atoms with Gasteiger partial charge in [0.05, 0.1) is 11.9 Å². The van der Waals surface area contributed by atoms with Crippen LogP contribution in [0.1, 0.15) is 61.3 Å². The van der Waals surface area contributed by atoms with Crippen molar-refractivity contribution in [3.05, 3.63) is 64.7 Å². The lowest BCUT2D eigenvalue weighted by Crippen LogP contribution is -2.53. The Morgan fingerprint density at radius 3 is 2.25 bits per heavy atom. The monoisotopic (exact) mass is 513 g/mol. The van der Waals surface area contributed by atoms with Gasteiger partial charge in [0.1, 0.15) is 12.6 Å². The van der Waals surface area contributed by atoms with Crippen molar-refractivity contribution in [1.29, 1.82) is 0 Å². The van der Waals surface area contributed by atoms with Crippen LogP contribution in [-0.4, -0.2) is 50.0 Å². The smallest absolute Gasteiger partial charge is 0.244 e. The number of carbonyl (C=O) groups is 2. The van der Waals surface area contributed by atoms with Crippen molar-refractivity contribution in [3.8, 4) is 0 Å². The van der Waals surface area contributed by atoms with Crippen LogP contribution in [0.25, 0.3) is 0 Å². The Morgan fingerprint density at radius 1 is 1.03 bits per heavy atom. The molecule has 0 spiro atoms. The Hall–Kier alpha value is -2.87. The van der Waals surface area contributed by atoms with Crippen LogP contribution in [0.4, 0.5) is 5.69 Å². The average Bonchev–Trinajstić information content (AvgIpc) is 3.33. The van der Waals surface area contributed by atoms with Gasteiger partial charge in [-0.05, 0) is 62.8 Å².